The van der Waals surface area contributed by atoms with Gasteiger partial charge in [0.25, 0.3) is 0 Å². The smallest absolute Gasteiger partial charge is 0.228 e. The molecular formula is C21H33NO9. The Labute approximate surface area is 180 Å². The van der Waals surface area contributed by atoms with E-state index in [-0.39, 0.29) is 17.7 Å². The zero-order valence-electron chi connectivity index (χ0n) is 18.1. The Morgan fingerprint density at radius 3 is 2.52 bits per heavy atom. The number of nitrogens with zero attached hydrogens (tertiary/aromatic N) is 1. The molecule has 4 unspecified atom stereocenters. The Bertz CT molecular complexity index is 738. The minimum atomic E-state index is -1.61. The van der Waals surface area contributed by atoms with Crippen LogP contribution in [0.5, 0.6) is 0 Å². The second-order valence-corrected chi connectivity index (χ2v) is 10.2. The quantitative estimate of drug-likeness (QED) is 0.415. The van der Waals surface area contributed by atoms with Gasteiger partial charge in [-0.2, -0.15) is 0 Å². The summed E-state index contributed by atoms with van der Waals surface area (Å²) in [6.45, 7) is 5.19. The van der Waals surface area contributed by atoms with Gasteiger partial charge >= 0.3 is 0 Å². The van der Waals surface area contributed by atoms with E-state index >= 15 is 0 Å². The molecule has 5 saturated heterocycles. The summed E-state index contributed by atoms with van der Waals surface area (Å²) in [4.78, 5) is 26.9. The van der Waals surface area contributed by atoms with Crippen LogP contribution >= 0.6 is 0 Å². The van der Waals surface area contributed by atoms with Gasteiger partial charge in [0.15, 0.2) is 18.1 Å². The maximum absolute atomic E-state index is 13.6. The Hall–Kier alpha value is -0.850. The standard InChI is InChI=1S/C21H33NO9/c1-9-4-5-12-10(2)17(26)22(14-16(25)15(24)13(8-23)28-18(14)27)19-21(12)11(9)6-7-20(3,29-19)30-31-21/h9-16,18-19,23-25,27H,4-8H2,1-3H3/t9-,10-,11?,12?,13+,14?,15+,16+,18-,19?,20+,21-/m1/s1. The summed E-state index contributed by atoms with van der Waals surface area (Å²) in [6, 6.07) is -1.28. The number of fused-ring (bicyclic) bond motifs is 2. The van der Waals surface area contributed by atoms with Crippen molar-refractivity contribution in [2.75, 3.05) is 6.61 Å². The van der Waals surface area contributed by atoms with Gasteiger partial charge in [-0.3, -0.25) is 4.79 Å². The number of aliphatic hydroxyl groups is 4. The highest BCUT2D eigenvalue weighted by atomic mass is 17.3. The fourth-order valence-electron chi connectivity index (χ4n) is 6.78. The average molecular weight is 443 g/mol. The van der Waals surface area contributed by atoms with Gasteiger partial charge in [-0.05, 0) is 38.0 Å². The maximum atomic E-state index is 13.6. The first-order valence-electron chi connectivity index (χ1n) is 11.3. The summed E-state index contributed by atoms with van der Waals surface area (Å²) in [6.07, 6.45) is -3.56. The lowest BCUT2D eigenvalue weighted by atomic mass is 9.56. The van der Waals surface area contributed by atoms with Crippen LogP contribution in [0.1, 0.15) is 46.5 Å². The third-order valence-electron chi connectivity index (χ3n) is 8.49. The fourth-order valence-corrected chi connectivity index (χ4v) is 6.78. The average Bonchev–Trinajstić information content (AvgIpc) is 2.97. The van der Waals surface area contributed by atoms with E-state index in [9.17, 15) is 25.2 Å². The number of hydrogen-bond donors (Lipinski definition) is 4. The third kappa shape index (κ3) is 2.90. The highest BCUT2D eigenvalue weighted by Crippen LogP contribution is 2.60. The third-order valence-corrected chi connectivity index (χ3v) is 8.49. The van der Waals surface area contributed by atoms with E-state index in [1.807, 2.05) is 6.92 Å². The molecule has 2 bridgehead atoms. The first-order valence-corrected chi connectivity index (χ1v) is 11.3. The predicted octanol–water partition coefficient (Wildman–Crippen LogP) is -0.520. The largest absolute Gasteiger partial charge is 0.394 e. The molecule has 6 aliphatic rings. The first kappa shape index (κ1) is 22.0. The van der Waals surface area contributed by atoms with Crippen LogP contribution in [0, 0.1) is 23.7 Å². The lowest BCUT2D eigenvalue weighted by molar-refractivity contribution is -0.550. The van der Waals surface area contributed by atoms with Gasteiger partial charge in [0.2, 0.25) is 11.7 Å². The van der Waals surface area contributed by atoms with E-state index in [0.717, 1.165) is 19.3 Å². The molecule has 0 aromatic carbocycles. The molecule has 5 heterocycles. The number of likely N-dealkylation sites (tertiary alicyclic amines) is 1. The van der Waals surface area contributed by atoms with Crippen molar-refractivity contribution < 1.29 is 44.5 Å². The molecule has 6 rings (SSSR count). The summed E-state index contributed by atoms with van der Waals surface area (Å²) in [7, 11) is 0. The van der Waals surface area contributed by atoms with E-state index in [0.29, 0.717) is 12.3 Å². The van der Waals surface area contributed by atoms with Crippen molar-refractivity contribution in [3.05, 3.63) is 0 Å². The monoisotopic (exact) mass is 443 g/mol. The first-order chi connectivity index (χ1) is 14.6. The van der Waals surface area contributed by atoms with Crippen LogP contribution in [0.2, 0.25) is 0 Å². The van der Waals surface area contributed by atoms with Crippen LogP contribution in [0.4, 0.5) is 0 Å². The summed E-state index contributed by atoms with van der Waals surface area (Å²) in [5.74, 6) is -1.60. The molecule has 1 spiro atoms. The van der Waals surface area contributed by atoms with Crippen molar-refractivity contribution in [1.29, 1.82) is 0 Å². The molecule has 12 atom stereocenters. The van der Waals surface area contributed by atoms with Crippen LogP contribution < -0.4 is 0 Å². The predicted molar refractivity (Wildman–Crippen MR) is 103 cm³/mol. The molecule has 5 aliphatic heterocycles. The molecule has 0 radical (unpaired) electrons. The minimum Gasteiger partial charge on any atom is -0.394 e. The highest BCUT2D eigenvalue weighted by molar-refractivity contribution is 5.81. The van der Waals surface area contributed by atoms with Gasteiger partial charge < -0.3 is 34.8 Å². The Morgan fingerprint density at radius 2 is 1.81 bits per heavy atom. The molecule has 176 valence electrons. The molecule has 1 amide bonds. The SMILES string of the molecule is C[C@@H]1CCC2[C@@H](C)C(=O)N(C3[C@H](O)O[C@@H](CO)[C@H](O)[C@H]3O)C3O[C@]4(C)CCC1[C@@]23OO4. The van der Waals surface area contributed by atoms with E-state index in [1.165, 1.54) is 4.90 Å². The topological polar surface area (TPSA) is 138 Å². The molecule has 10 nitrogen and oxygen atoms in total. The number of aliphatic hydroxyl groups excluding tert-OH is 4. The lowest BCUT2D eigenvalue weighted by Crippen LogP contribution is -2.79. The number of amides is 1. The number of ether oxygens (including phenoxy) is 2. The molecule has 1 aliphatic carbocycles. The maximum Gasteiger partial charge on any atom is 0.228 e. The van der Waals surface area contributed by atoms with Crippen LogP contribution in [0.3, 0.4) is 0 Å². The number of rotatable bonds is 2. The molecule has 10 heteroatoms. The molecule has 0 aromatic heterocycles. The van der Waals surface area contributed by atoms with Crippen molar-refractivity contribution in [2.24, 2.45) is 23.7 Å². The summed E-state index contributed by atoms with van der Waals surface area (Å²) in [5.41, 5.74) is -0.945. The molecular weight excluding hydrogens is 410 g/mol. The normalized spacial score (nSPS) is 56.9. The van der Waals surface area contributed by atoms with E-state index < -0.39 is 60.8 Å². The van der Waals surface area contributed by atoms with E-state index in [2.05, 4.69) is 6.92 Å². The van der Waals surface area contributed by atoms with Crippen molar-refractivity contribution in [1.82, 2.24) is 4.90 Å². The molecule has 31 heavy (non-hydrogen) atoms. The second-order valence-electron chi connectivity index (χ2n) is 10.2. The number of carbonyl (C=O) groups excluding carboxylic acids is 1. The van der Waals surface area contributed by atoms with Gasteiger partial charge in [0.1, 0.15) is 24.4 Å². The molecule has 0 aromatic rings. The van der Waals surface area contributed by atoms with Crippen LogP contribution in [0.25, 0.3) is 0 Å². The van der Waals surface area contributed by atoms with Gasteiger partial charge in [0, 0.05) is 18.3 Å². The number of hydrogen-bond acceptors (Lipinski definition) is 9. The van der Waals surface area contributed by atoms with Crippen molar-refractivity contribution >= 4 is 5.91 Å². The zero-order valence-corrected chi connectivity index (χ0v) is 18.1. The fraction of sp³-hybridized carbons (Fsp3) is 0.952. The summed E-state index contributed by atoms with van der Waals surface area (Å²) < 4.78 is 11.8. The molecule has 6 fully saturated rings. The van der Waals surface area contributed by atoms with Crippen molar-refractivity contribution in [2.45, 2.75) is 94.7 Å². The van der Waals surface area contributed by atoms with Crippen LogP contribution in [0.15, 0.2) is 0 Å². The highest BCUT2D eigenvalue weighted by Gasteiger charge is 2.72. The van der Waals surface area contributed by atoms with Gasteiger partial charge in [-0.15, -0.1) is 0 Å². The van der Waals surface area contributed by atoms with Gasteiger partial charge in [-0.1, -0.05) is 13.8 Å². The molecule has 1 saturated carbocycles. The van der Waals surface area contributed by atoms with E-state index in [1.54, 1.807) is 6.92 Å². The van der Waals surface area contributed by atoms with Crippen LogP contribution in [-0.2, 0) is 24.0 Å². The van der Waals surface area contributed by atoms with Gasteiger partial charge in [0.05, 0.1) is 6.61 Å². The van der Waals surface area contributed by atoms with Gasteiger partial charge in [-0.25, -0.2) is 9.78 Å². The molecule has 4 N–H and O–H groups in total. The Kier molecular flexibility index (Phi) is 5.19. The Morgan fingerprint density at radius 1 is 1.06 bits per heavy atom. The van der Waals surface area contributed by atoms with Crippen LogP contribution in [-0.4, -0.2) is 86.1 Å². The second kappa shape index (κ2) is 7.33. The number of carbonyl (C=O) groups is 1. The summed E-state index contributed by atoms with van der Waals surface area (Å²) in [5, 5.41) is 41.5. The van der Waals surface area contributed by atoms with E-state index in [4.69, 9.17) is 19.2 Å². The lowest BCUT2D eigenvalue weighted by Gasteiger charge is -2.63. The summed E-state index contributed by atoms with van der Waals surface area (Å²) >= 11 is 0. The minimum absolute atomic E-state index is 0.0625. The van der Waals surface area contributed by atoms with Crippen molar-refractivity contribution in [3.63, 3.8) is 0 Å². The zero-order chi connectivity index (χ0) is 22.3. The number of piperidine rings is 1. The van der Waals surface area contributed by atoms with Crippen molar-refractivity contribution in [3.8, 4) is 0 Å². The Balaban J connectivity index is 1.61.